The van der Waals surface area contributed by atoms with Crippen molar-refractivity contribution in [3.05, 3.63) is 41.7 Å². The van der Waals surface area contributed by atoms with Gasteiger partial charge in [-0.3, -0.25) is 9.82 Å². The first-order valence-electron chi connectivity index (χ1n) is 6.42. The predicted molar refractivity (Wildman–Crippen MR) is 75.2 cm³/mol. The Bertz CT molecular complexity index is 718. The van der Waals surface area contributed by atoms with Crippen LogP contribution < -0.4 is 4.72 Å². The van der Waals surface area contributed by atoms with Crippen molar-refractivity contribution in [2.24, 2.45) is 0 Å². The SMILES string of the molecule is Cc1[nH]ncc1S(=O)(=O)Nc1ccc(C2OCCO2)cc1. The molecule has 1 fully saturated rings. The molecule has 0 bridgehead atoms. The number of aromatic amines is 1. The third-order valence-electron chi connectivity index (χ3n) is 3.13. The molecule has 8 heteroatoms. The van der Waals surface area contributed by atoms with Crippen LogP contribution in [0.25, 0.3) is 0 Å². The summed E-state index contributed by atoms with van der Waals surface area (Å²) in [7, 11) is -3.64. The van der Waals surface area contributed by atoms with Gasteiger partial charge in [0.2, 0.25) is 0 Å². The van der Waals surface area contributed by atoms with E-state index < -0.39 is 10.0 Å². The van der Waals surface area contributed by atoms with Crippen LogP contribution in [-0.2, 0) is 19.5 Å². The maximum atomic E-state index is 12.2. The van der Waals surface area contributed by atoms with Crippen molar-refractivity contribution in [1.82, 2.24) is 10.2 Å². The maximum absolute atomic E-state index is 12.2. The number of aryl methyl sites for hydroxylation is 1. The fraction of sp³-hybridized carbons (Fsp3) is 0.308. The van der Waals surface area contributed by atoms with E-state index >= 15 is 0 Å². The summed E-state index contributed by atoms with van der Waals surface area (Å²) in [6, 6.07) is 6.90. The van der Waals surface area contributed by atoms with Gasteiger partial charge in [0.25, 0.3) is 10.0 Å². The summed E-state index contributed by atoms with van der Waals surface area (Å²) in [6.45, 7) is 2.79. The van der Waals surface area contributed by atoms with E-state index in [-0.39, 0.29) is 11.2 Å². The number of anilines is 1. The van der Waals surface area contributed by atoms with Gasteiger partial charge in [0, 0.05) is 11.3 Å². The Morgan fingerprint density at radius 1 is 1.24 bits per heavy atom. The van der Waals surface area contributed by atoms with E-state index in [1.807, 2.05) is 0 Å². The molecule has 2 aromatic rings. The zero-order chi connectivity index (χ0) is 14.9. The Kier molecular flexibility index (Phi) is 3.66. The van der Waals surface area contributed by atoms with Gasteiger partial charge >= 0.3 is 0 Å². The van der Waals surface area contributed by atoms with Crippen LogP contribution in [0, 0.1) is 6.92 Å². The Morgan fingerprint density at radius 2 is 1.90 bits per heavy atom. The molecule has 0 amide bonds. The molecular formula is C13H15N3O4S. The van der Waals surface area contributed by atoms with Gasteiger partial charge in [-0.05, 0) is 19.1 Å². The van der Waals surface area contributed by atoms with Crippen molar-refractivity contribution in [3.63, 3.8) is 0 Å². The maximum Gasteiger partial charge on any atom is 0.265 e. The Hall–Kier alpha value is -1.90. The molecule has 1 aliphatic rings. The van der Waals surface area contributed by atoms with Crippen LogP contribution in [0.4, 0.5) is 5.69 Å². The van der Waals surface area contributed by atoms with Gasteiger partial charge in [-0.15, -0.1) is 0 Å². The quantitative estimate of drug-likeness (QED) is 0.894. The van der Waals surface area contributed by atoms with Crippen molar-refractivity contribution >= 4 is 15.7 Å². The van der Waals surface area contributed by atoms with Crippen LogP contribution in [0.1, 0.15) is 17.5 Å². The molecule has 3 rings (SSSR count). The summed E-state index contributed by atoms with van der Waals surface area (Å²) in [4.78, 5) is 0.133. The highest BCUT2D eigenvalue weighted by Crippen LogP contribution is 2.25. The van der Waals surface area contributed by atoms with E-state index in [4.69, 9.17) is 9.47 Å². The predicted octanol–water partition coefficient (Wildman–Crippen LogP) is 1.56. The first-order valence-corrected chi connectivity index (χ1v) is 7.90. The van der Waals surface area contributed by atoms with Crippen LogP contribution >= 0.6 is 0 Å². The fourth-order valence-electron chi connectivity index (χ4n) is 2.08. The number of nitrogens with zero attached hydrogens (tertiary/aromatic N) is 1. The largest absolute Gasteiger partial charge is 0.346 e. The molecule has 0 saturated carbocycles. The van der Waals surface area contributed by atoms with E-state index in [1.165, 1.54) is 6.20 Å². The number of rotatable bonds is 4. The third-order valence-corrected chi connectivity index (χ3v) is 4.63. The summed E-state index contributed by atoms with van der Waals surface area (Å²) in [5, 5.41) is 6.32. The number of aromatic nitrogens is 2. The zero-order valence-corrected chi connectivity index (χ0v) is 12.2. The molecule has 0 spiro atoms. The van der Waals surface area contributed by atoms with Crippen molar-refractivity contribution in [1.29, 1.82) is 0 Å². The number of hydrogen-bond donors (Lipinski definition) is 2. The minimum atomic E-state index is -3.64. The second-order valence-corrected chi connectivity index (χ2v) is 6.31. The molecule has 0 unspecified atom stereocenters. The van der Waals surface area contributed by atoms with Crippen molar-refractivity contribution in [2.75, 3.05) is 17.9 Å². The van der Waals surface area contributed by atoms with Crippen molar-refractivity contribution in [2.45, 2.75) is 18.1 Å². The average Bonchev–Trinajstić information content (AvgIpc) is 3.10. The van der Waals surface area contributed by atoms with E-state index in [0.29, 0.717) is 24.6 Å². The van der Waals surface area contributed by atoms with Crippen LogP contribution in [0.5, 0.6) is 0 Å². The molecular weight excluding hydrogens is 294 g/mol. The standard InChI is InChI=1S/C13H15N3O4S/c1-9-12(8-14-15-9)21(17,18)16-11-4-2-10(3-5-11)13-19-6-7-20-13/h2-5,8,13,16H,6-7H2,1H3,(H,14,15). The molecule has 7 nitrogen and oxygen atoms in total. The minimum Gasteiger partial charge on any atom is -0.346 e. The molecule has 112 valence electrons. The van der Waals surface area contributed by atoms with Gasteiger partial charge in [0.15, 0.2) is 6.29 Å². The summed E-state index contributed by atoms with van der Waals surface area (Å²) < 4.78 is 37.7. The molecule has 1 aromatic heterocycles. The Labute approximate surface area is 122 Å². The number of H-pyrrole nitrogens is 1. The summed E-state index contributed by atoms with van der Waals surface area (Å²) in [5.74, 6) is 0. The van der Waals surface area contributed by atoms with Gasteiger partial charge < -0.3 is 9.47 Å². The highest BCUT2D eigenvalue weighted by Gasteiger charge is 2.20. The summed E-state index contributed by atoms with van der Waals surface area (Å²) >= 11 is 0. The van der Waals surface area contributed by atoms with Gasteiger partial charge in [-0.1, -0.05) is 12.1 Å². The lowest BCUT2D eigenvalue weighted by atomic mass is 10.2. The van der Waals surface area contributed by atoms with Crippen LogP contribution in [-0.4, -0.2) is 31.8 Å². The summed E-state index contributed by atoms with van der Waals surface area (Å²) in [5.41, 5.74) is 1.82. The van der Waals surface area contributed by atoms with E-state index in [2.05, 4.69) is 14.9 Å². The van der Waals surface area contributed by atoms with Crippen LogP contribution in [0.2, 0.25) is 0 Å². The topological polar surface area (TPSA) is 93.3 Å². The number of benzene rings is 1. The number of sulfonamides is 1. The van der Waals surface area contributed by atoms with Crippen LogP contribution in [0.3, 0.4) is 0 Å². The second kappa shape index (κ2) is 5.47. The Balaban J connectivity index is 1.77. The molecule has 0 radical (unpaired) electrons. The van der Waals surface area contributed by atoms with Crippen molar-refractivity contribution in [3.8, 4) is 0 Å². The molecule has 0 atom stereocenters. The smallest absolute Gasteiger partial charge is 0.265 e. The third kappa shape index (κ3) is 2.92. The average molecular weight is 309 g/mol. The van der Waals surface area contributed by atoms with Gasteiger partial charge in [-0.2, -0.15) is 5.10 Å². The molecule has 2 heterocycles. The lowest BCUT2D eigenvalue weighted by Gasteiger charge is -2.11. The van der Waals surface area contributed by atoms with Gasteiger partial charge in [0.1, 0.15) is 4.90 Å². The molecule has 1 saturated heterocycles. The number of ether oxygens (including phenoxy) is 2. The first kappa shape index (κ1) is 14.1. The van der Waals surface area contributed by atoms with Gasteiger partial charge in [0.05, 0.1) is 25.1 Å². The second-order valence-electron chi connectivity index (χ2n) is 4.66. The van der Waals surface area contributed by atoms with E-state index in [1.54, 1.807) is 31.2 Å². The fourth-order valence-corrected chi connectivity index (χ4v) is 3.28. The molecule has 21 heavy (non-hydrogen) atoms. The molecule has 2 N–H and O–H groups in total. The Morgan fingerprint density at radius 3 is 2.48 bits per heavy atom. The molecule has 1 aromatic carbocycles. The minimum absolute atomic E-state index is 0.133. The first-order chi connectivity index (χ1) is 10.1. The van der Waals surface area contributed by atoms with E-state index in [0.717, 1.165) is 5.56 Å². The highest BCUT2D eigenvalue weighted by atomic mass is 32.2. The molecule has 1 aliphatic heterocycles. The lowest BCUT2D eigenvalue weighted by molar-refractivity contribution is -0.0441. The lowest BCUT2D eigenvalue weighted by Crippen LogP contribution is -2.13. The summed E-state index contributed by atoms with van der Waals surface area (Å²) in [6.07, 6.45) is 0.915. The molecule has 0 aliphatic carbocycles. The number of nitrogens with one attached hydrogen (secondary N) is 2. The van der Waals surface area contributed by atoms with Crippen molar-refractivity contribution < 1.29 is 17.9 Å². The number of hydrogen-bond acceptors (Lipinski definition) is 5. The monoisotopic (exact) mass is 309 g/mol. The van der Waals surface area contributed by atoms with Gasteiger partial charge in [-0.25, -0.2) is 8.42 Å². The van der Waals surface area contributed by atoms with Crippen LogP contribution in [0.15, 0.2) is 35.4 Å². The normalized spacial score (nSPS) is 16.2. The van der Waals surface area contributed by atoms with E-state index in [9.17, 15) is 8.42 Å². The highest BCUT2D eigenvalue weighted by molar-refractivity contribution is 7.92. The zero-order valence-electron chi connectivity index (χ0n) is 11.4.